The van der Waals surface area contributed by atoms with Crippen molar-refractivity contribution in [1.82, 2.24) is 15.5 Å². The van der Waals surface area contributed by atoms with Crippen molar-refractivity contribution in [3.63, 3.8) is 0 Å². The number of alkyl halides is 3. The predicted molar refractivity (Wildman–Crippen MR) is 109 cm³/mol. The van der Waals surface area contributed by atoms with Crippen LogP contribution >= 0.6 is 11.3 Å². The van der Waals surface area contributed by atoms with E-state index in [1.807, 2.05) is 6.92 Å². The van der Waals surface area contributed by atoms with Crippen LogP contribution in [-0.4, -0.2) is 68.9 Å². The van der Waals surface area contributed by atoms with Crippen molar-refractivity contribution in [2.24, 2.45) is 10.9 Å². The van der Waals surface area contributed by atoms with Crippen molar-refractivity contribution in [2.75, 3.05) is 50.7 Å². The SMILES string of the molecule is CCNC(=NCC1CCN(CC(F)(F)F)C1)NC1CCN(c2cccs2)CC1. The molecule has 28 heavy (non-hydrogen) atoms. The number of piperidine rings is 1. The Bertz CT molecular complexity index is 612. The van der Waals surface area contributed by atoms with Crippen molar-refractivity contribution < 1.29 is 13.2 Å². The molecule has 3 rings (SSSR count). The summed E-state index contributed by atoms with van der Waals surface area (Å²) in [6, 6.07) is 4.62. The summed E-state index contributed by atoms with van der Waals surface area (Å²) >= 11 is 1.77. The van der Waals surface area contributed by atoms with Gasteiger partial charge in [-0.05, 0) is 56.2 Å². The smallest absolute Gasteiger partial charge is 0.363 e. The van der Waals surface area contributed by atoms with Gasteiger partial charge in [0, 0.05) is 38.8 Å². The maximum absolute atomic E-state index is 12.5. The minimum atomic E-state index is -4.12. The van der Waals surface area contributed by atoms with Gasteiger partial charge in [-0.1, -0.05) is 0 Å². The van der Waals surface area contributed by atoms with E-state index >= 15 is 0 Å². The summed E-state index contributed by atoms with van der Waals surface area (Å²) in [7, 11) is 0. The summed E-state index contributed by atoms with van der Waals surface area (Å²) in [5.41, 5.74) is 0. The van der Waals surface area contributed by atoms with Crippen molar-refractivity contribution in [3.05, 3.63) is 17.5 Å². The Morgan fingerprint density at radius 3 is 2.68 bits per heavy atom. The first-order valence-corrected chi connectivity index (χ1v) is 10.9. The van der Waals surface area contributed by atoms with E-state index in [9.17, 15) is 13.2 Å². The summed E-state index contributed by atoms with van der Waals surface area (Å²) in [4.78, 5) is 8.57. The Morgan fingerprint density at radius 2 is 2.04 bits per heavy atom. The van der Waals surface area contributed by atoms with Crippen LogP contribution in [0.1, 0.15) is 26.2 Å². The van der Waals surface area contributed by atoms with Crippen LogP contribution in [0.4, 0.5) is 18.2 Å². The predicted octanol–water partition coefficient (Wildman–Crippen LogP) is 3.16. The highest BCUT2D eigenvalue weighted by Crippen LogP contribution is 2.25. The lowest BCUT2D eigenvalue weighted by molar-refractivity contribution is -0.143. The van der Waals surface area contributed by atoms with Gasteiger partial charge in [-0.3, -0.25) is 9.89 Å². The van der Waals surface area contributed by atoms with E-state index in [4.69, 9.17) is 0 Å². The molecule has 2 fully saturated rings. The quantitative estimate of drug-likeness (QED) is 0.551. The molecule has 2 N–H and O–H groups in total. The van der Waals surface area contributed by atoms with Crippen LogP contribution in [0.5, 0.6) is 0 Å². The van der Waals surface area contributed by atoms with Crippen molar-refractivity contribution in [2.45, 2.75) is 38.4 Å². The van der Waals surface area contributed by atoms with Gasteiger partial charge in [0.05, 0.1) is 11.5 Å². The maximum Gasteiger partial charge on any atom is 0.401 e. The van der Waals surface area contributed by atoms with Gasteiger partial charge in [0.15, 0.2) is 5.96 Å². The number of guanidine groups is 1. The fourth-order valence-corrected chi connectivity index (χ4v) is 4.67. The highest BCUT2D eigenvalue weighted by Gasteiger charge is 2.34. The molecule has 1 unspecified atom stereocenters. The number of thiophene rings is 1. The summed E-state index contributed by atoms with van der Waals surface area (Å²) in [5.74, 6) is 0.977. The third-order valence-corrected chi connectivity index (χ3v) is 6.21. The number of likely N-dealkylation sites (tertiary alicyclic amines) is 1. The number of anilines is 1. The molecule has 3 heterocycles. The van der Waals surface area contributed by atoms with Crippen LogP contribution in [0.2, 0.25) is 0 Å². The van der Waals surface area contributed by atoms with E-state index < -0.39 is 12.7 Å². The topological polar surface area (TPSA) is 42.9 Å². The fraction of sp³-hybridized carbons (Fsp3) is 0.737. The summed E-state index contributed by atoms with van der Waals surface area (Å²) in [6.45, 7) is 5.57. The van der Waals surface area contributed by atoms with E-state index in [1.54, 1.807) is 11.3 Å². The molecular formula is C19H30F3N5S. The van der Waals surface area contributed by atoms with E-state index in [1.165, 1.54) is 9.90 Å². The monoisotopic (exact) mass is 417 g/mol. The zero-order valence-corrected chi connectivity index (χ0v) is 17.2. The van der Waals surface area contributed by atoms with Gasteiger partial charge in [-0.2, -0.15) is 13.2 Å². The van der Waals surface area contributed by atoms with Gasteiger partial charge in [0.25, 0.3) is 0 Å². The highest BCUT2D eigenvalue weighted by molar-refractivity contribution is 7.14. The molecule has 0 bridgehead atoms. The summed E-state index contributed by atoms with van der Waals surface area (Å²) in [5, 5.41) is 10.2. The van der Waals surface area contributed by atoms with Gasteiger partial charge in [-0.25, -0.2) is 0 Å². The molecule has 1 atom stereocenters. The molecule has 0 amide bonds. The van der Waals surface area contributed by atoms with Gasteiger partial charge in [0.1, 0.15) is 0 Å². The minimum absolute atomic E-state index is 0.193. The Balaban J connectivity index is 1.44. The Morgan fingerprint density at radius 1 is 1.25 bits per heavy atom. The molecule has 2 saturated heterocycles. The second-order valence-electron chi connectivity index (χ2n) is 7.58. The lowest BCUT2D eigenvalue weighted by Gasteiger charge is -2.33. The van der Waals surface area contributed by atoms with E-state index in [0.717, 1.165) is 44.9 Å². The van der Waals surface area contributed by atoms with E-state index in [2.05, 4.69) is 38.0 Å². The number of halogens is 3. The van der Waals surface area contributed by atoms with Gasteiger partial charge < -0.3 is 15.5 Å². The molecule has 0 saturated carbocycles. The molecule has 2 aliphatic rings. The largest absolute Gasteiger partial charge is 0.401 e. The van der Waals surface area contributed by atoms with Crippen molar-refractivity contribution in [1.29, 1.82) is 0 Å². The molecule has 2 aliphatic heterocycles. The Labute approximate surface area is 169 Å². The van der Waals surface area contributed by atoms with Crippen LogP contribution in [0.3, 0.4) is 0 Å². The van der Waals surface area contributed by atoms with E-state index in [0.29, 0.717) is 25.7 Å². The maximum atomic E-state index is 12.5. The fourth-order valence-electron chi connectivity index (χ4n) is 3.89. The third kappa shape index (κ3) is 6.55. The van der Waals surface area contributed by atoms with E-state index in [-0.39, 0.29) is 5.92 Å². The standard InChI is InChI=1S/C19H30F3N5S/c1-2-23-18(24-12-15-5-8-26(13-15)14-19(20,21)22)25-16-6-9-27(10-7-16)17-4-3-11-28-17/h3-4,11,15-16H,2,5-10,12-14H2,1H3,(H2,23,24,25). The molecule has 5 nitrogen and oxygen atoms in total. The van der Waals surface area contributed by atoms with Crippen LogP contribution in [0, 0.1) is 5.92 Å². The number of hydrogen-bond acceptors (Lipinski definition) is 4. The third-order valence-electron chi connectivity index (χ3n) is 5.28. The van der Waals surface area contributed by atoms with Crippen molar-refractivity contribution in [3.8, 4) is 0 Å². The molecule has 0 aliphatic carbocycles. The summed E-state index contributed by atoms with van der Waals surface area (Å²) < 4.78 is 37.6. The first kappa shape index (κ1) is 21.2. The van der Waals surface area contributed by atoms with Gasteiger partial charge in [-0.15, -0.1) is 11.3 Å². The zero-order chi connectivity index (χ0) is 20.0. The normalized spacial score (nSPS) is 22.6. The molecular weight excluding hydrogens is 387 g/mol. The van der Waals surface area contributed by atoms with Crippen LogP contribution in [-0.2, 0) is 0 Å². The molecule has 9 heteroatoms. The van der Waals surface area contributed by atoms with Crippen LogP contribution in [0.15, 0.2) is 22.5 Å². The number of nitrogens with zero attached hydrogens (tertiary/aromatic N) is 3. The lowest BCUT2D eigenvalue weighted by atomic mass is 10.1. The number of aliphatic imine (C=N–C) groups is 1. The average molecular weight is 418 g/mol. The van der Waals surface area contributed by atoms with Crippen molar-refractivity contribution >= 4 is 22.3 Å². The summed E-state index contributed by atoms with van der Waals surface area (Å²) in [6.07, 6.45) is -1.25. The van der Waals surface area contributed by atoms with Crippen LogP contribution in [0.25, 0.3) is 0 Å². The molecule has 1 aromatic rings. The number of rotatable bonds is 6. The molecule has 0 radical (unpaired) electrons. The average Bonchev–Trinajstić information content (AvgIpc) is 3.31. The number of hydrogen-bond donors (Lipinski definition) is 2. The minimum Gasteiger partial charge on any atom is -0.363 e. The first-order chi connectivity index (χ1) is 13.4. The van der Waals surface area contributed by atoms with Crippen LogP contribution < -0.4 is 15.5 Å². The molecule has 158 valence electrons. The second-order valence-corrected chi connectivity index (χ2v) is 8.51. The van der Waals surface area contributed by atoms with Gasteiger partial charge in [0.2, 0.25) is 0 Å². The number of nitrogens with one attached hydrogen (secondary N) is 2. The lowest BCUT2D eigenvalue weighted by Crippen LogP contribution is -2.48. The Kier molecular flexibility index (Phi) is 7.45. The molecule has 0 aromatic carbocycles. The highest BCUT2D eigenvalue weighted by atomic mass is 32.1. The second kappa shape index (κ2) is 9.82. The van der Waals surface area contributed by atoms with Gasteiger partial charge >= 0.3 is 6.18 Å². The molecule has 0 spiro atoms. The molecule has 1 aromatic heterocycles. The first-order valence-electron chi connectivity index (χ1n) is 10.1. The Hall–Kier alpha value is -1.48. The zero-order valence-electron chi connectivity index (χ0n) is 16.3.